The average Bonchev–Trinajstić information content (AvgIpc) is 3.37. The van der Waals surface area contributed by atoms with Crippen molar-refractivity contribution in [1.82, 2.24) is 15.6 Å². The topological polar surface area (TPSA) is 82.7 Å². The number of nitrogens with zero attached hydrogens (tertiary/aromatic N) is 2. The van der Waals surface area contributed by atoms with E-state index in [1.54, 1.807) is 13.1 Å². The van der Waals surface area contributed by atoms with Crippen molar-refractivity contribution in [3.05, 3.63) is 64.8 Å². The van der Waals surface area contributed by atoms with Crippen molar-refractivity contribution in [3.8, 4) is 11.3 Å². The van der Waals surface area contributed by atoms with Crippen LogP contribution >= 0.6 is 11.3 Å². The van der Waals surface area contributed by atoms with Crippen LogP contribution in [-0.2, 0) is 12.1 Å². The minimum absolute atomic E-state index is 0.309. The van der Waals surface area contributed by atoms with Crippen molar-refractivity contribution in [2.45, 2.75) is 26.0 Å². The first-order valence-electron chi connectivity index (χ1n) is 8.87. The number of oxazole rings is 1. The van der Waals surface area contributed by atoms with Gasteiger partial charge in [-0.3, -0.25) is 0 Å². The molecule has 0 spiro atoms. The summed E-state index contributed by atoms with van der Waals surface area (Å²) in [5.41, 5.74) is 0.0191. The van der Waals surface area contributed by atoms with E-state index >= 15 is 0 Å². The van der Waals surface area contributed by atoms with Crippen molar-refractivity contribution in [2.24, 2.45) is 4.99 Å². The molecule has 0 radical (unpaired) electrons. The molecular weight excluding hydrogens is 360 g/mol. The molecule has 3 N–H and O–H groups in total. The highest BCUT2D eigenvalue weighted by molar-refractivity contribution is 7.10. The molecule has 1 atom stereocenters. The van der Waals surface area contributed by atoms with Crippen LogP contribution in [0.25, 0.3) is 11.3 Å². The molecule has 142 valence electrons. The minimum Gasteiger partial charge on any atom is -0.439 e. The van der Waals surface area contributed by atoms with E-state index < -0.39 is 5.60 Å². The van der Waals surface area contributed by atoms with Crippen molar-refractivity contribution in [2.75, 3.05) is 13.1 Å². The molecule has 27 heavy (non-hydrogen) atoms. The lowest BCUT2D eigenvalue weighted by Gasteiger charge is -2.23. The fourth-order valence-electron chi connectivity index (χ4n) is 2.54. The number of nitrogens with one attached hydrogen (secondary N) is 2. The number of aliphatic hydroxyl groups is 1. The van der Waals surface area contributed by atoms with E-state index in [1.807, 2.05) is 54.8 Å². The molecule has 1 aromatic carbocycles. The Morgan fingerprint density at radius 1 is 1.22 bits per heavy atom. The molecule has 1 unspecified atom stereocenters. The second kappa shape index (κ2) is 8.83. The Balaban J connectivity index is 1.63. The Morgan fingerprint density at radius 3 is 2.74 bits per heavy atom. The smallest absolute Gasteiger partial charge is 0.216 e. The predicted octanol–water partition coefficient (Wildman–Crippen LogP) is 3.37. The van der Waals surface area contributed by atoms with E-state index in [4.69, 9.17) is 4.42 Å². The highest BCUT2D eigenvalue weighted by Gasteiger charge is 2.24. The number of thiophene rings is 1. The first kappa shape index (κ1) is 19.1. The number of guanidine groups is 1. The number of aromatic nitrogens is 1. The van der Waals surface area contributed by atoms with Crippen molar-refractivity contribution < 1.29 is 9.52 Å². The number of benzene rings is 1. The lowest BCUT2D eigenvalue weighted by molar-refractivity contribution is 0.0655. The zero-order valence-electron chi connectivity index (χ0n) is 15.5. The maximum Gasteiger partial charge on any atom is 0.216 e. The Labute approximate surface area is 163 Å². The van der Waals surface area contributed by atoms with Crippen molar-refractivity contribution in [1.29, 1.82) is 0 Å². The average molecular weight is 385 g/mol. The number of hydrogen-bond donors (Lipinski definition) is 3. The molecule has 0 bridgehead atoms. The summed E-state index contributed by atoms with van der Waals surface area (Å²) in [6.07, 6.45) is 1.71. The van der Waals surface area contributed by atoms with E-state index in [1.165, 1.54) is 11.3 Å². The molecule has 0 aliphatic rings. The second-order valence-corrected chi connectivity index (χ2v) is 7.23. The van der Waals surface area contributed by atoms with Crippen LogP contribution in [0.15, 0.2) is 63.5 Å². The molecule has 0 fully saturated rings. The molecule has 2 aromatic heterocycles. The first-order chi connectivity index (χ1) is 13.1. The SMILES string of the molecule is CCNC(=NCc1ncc(-c2ccccc2)o1)NCC(C)(O)c1cccs1. The zero-order chi connectivity index (χ0) is 19.1. The fourth-order valence-corrected chi connectivity index (χ4v) is 3.32. The predicted molar refractivity (Wildman–Crippen MR) is 109 cm³/mol. The third-order valence-electron chi connectivity index (χ3n) is 3.98. The van der Waals surface area contributed by atoms with Crippen LogP contribution in [-0.4, -0.2) is 29.1 Å². The van der Waals surface area contributed by atoms with Gasteiger partial charge in [-0.2, -0.15) is 0 Å². The molecule has 7 heteroatoms. The van der Waals surface area contributed by atoms with Crippen molar-refractivity contribution in [3.63, 3.8) is 0 Å². The number of rotatable bonds is 7. The van der Waals surface area contributed by atoms with Gasteiger partial charge in [0, 0.05) is 17.0 Å². The third kappa shape index (κ3) is 5.18. The molecular formula is C20H24N4O2S. The van der Waals surface area contributed by atoms with Gasteiger partial charge in [-0.05, 0) is 25.3 Å². The Morgan fingerprint density at radius 2 is 2.04 bits per heavy atom. The van der Waals surface area contributed by atoms with Gasteiger partial charge in [0.05, 0.1) is 12.7 Å². The summed E-state index contributed by atoms with van der Waals surface area (Å²) in [7, 11) is 0. The maximum absolute atomic E-state index is 10.6. The minimum atomic E-state index is -0.965. The van der Waals surface area contributed by atoms with E-state index in [-0.39, 0.29) is 0 Å². The fraction of sp³-hybridized carbons (Fsp3) is 0.300. The summed E-state index contributed by atoms with van der Waals surface area (Å²) in [4.78, 5) is 9.71. The molecule has 0 saturated heterocycles. The Bertz CT molecular complexity index is 857. The molecule has 2 heterocycles. The van der Waals surface area contributed by atoms with Crippen LogP contribution in [0.5, 0.6) is 0 Å². The van der Waals surface area contributed by atoms with Crippen LogP contribution in [0.2, 0.25) is 0 Å². The second-order valence-electron chi connectivity index (χ2n) is 6.28. The number of hydrogen-bond acceptors (Lipinski definition) is 5. The monoisotopic (exact) mass is 384 g/mol. The summed E-state index contributed by atoms with van der Waals surface area (Å²) >= 11 is 1.53. The third-order valence-corrected chi connectivity index (χ3v) is 5.10. The van der Waals surface area contributed by atoms with Crippen LogP contribution in [0.1, 0.15) is 24.6 Å². The molecule has 0 amide bonds. The van der Waals surface area contributed by atoms with Gasteiger partial charge < -0.3 is 20.2 Å². The van der Waals surface area contributed by atoms with E-state index in [2.05, 4.69) is 20.6 Å². The molecule has 3 aromatic rings. The summed E-state index contributed by atoms with van der Waals surface area (Å²) in [5, 5.41) is 19.0. The van der Waals surface area contributed by atoms with Crippen LogP contribution in [0.3, 0.4) is 0 Å². The largest absolute Gasteiger partial charge is 0.439 e. The summed E-state index contributed by atoms with van der Waals surface area (Å²) in [6.45, 7) is 5.15. The van der Waals surface area contributed by atoms with E-state index in [0.29, 0.717) is 31.5 Å². The van der Waals surface area contributed by atoms with Crippen LogP contribution < -0.4 is 10.6 Å². The quantitative estimate of drug-likeness (QED) is 0.430. The molecule has 0 saturated carbocycles. The summed E-state index contributed by atoms with van der Waals surface area (Å²) in [5.74, 6) is 1.87. The van der Waals surface area contributed by atoms with Gasteiger partial charge in [0.25, 0.3) is 0 Å². The van der Waals surface area contributed by atoms with Gasteiger partial charge in [-0.25, -0.2) is 9.98 Å². The molecule has 3 rings (SSSR count). The van der Waals surface area contributed by atoms with E-state index in [0.717, 1.165) is 16.2 Å². The lowest BCUT2D eigenvalue weighted by atomic mass is 10.1. The van der Waals surface area contributed by atoms with Gasteiger partial charge in [-0.1, -0.05) is 36.4 Å². The molecule has 6 nitrogen and oxygen atoms in total. The maximum atomic E-state index is 10.6. The standard InChI is InChI=1S/C20H24N4O2S/c1-3-21-19(24-14-20(2,25)17-10-7-11-27-17)23-13-18-22-12-16(26-18)15-8-5-4-6-9-15/h4-12,25H,3,13-14H2,1-2H3,(H2,21,23,24). The van der Waals surface area contributed by atoms with Crippen molar-refractivity contribution >= 4 is 17.3 Å². The Kier molecular flexibility index (Phi) is 6.26. The molecule has 0 aliphatic heterocycles. The highest BCUT2D eigenvalue weighted by Crippen LogP contribution is 2.24. The van der Waals surface area contributed by atoms with Gasteiger partial charge >= 0.3 is 0 Å². The van der Waals surface area contributed by atoms with E-state index in [9.17, 15) is 5.11 Å². The van der Waals surface area contributed by atoms with Gasteiger partial charge in [0.1, 0.15) is 12.1 Å². The molecule has 0 aliphatic carbocycles. The number of aliphatic imine (C=N–C) groups is 1. The first-order valence-corrected chi connectivity index (χ1v) is 9.75. The van der Waals surface area contributed by atoms with Gasteiger partial charge in [0.2, 0.25) is 5.89 Å². The van der Waals surface area contributed by atoms with Crippen LogP contribution in [0.4, 0.5) is 0 Å². The van der Waals surface area contributed by atoms with Crippen LogP contribution in [0, 0.1) is 0 Å². The normalized spacial score (nSPS) is 14.0. The lowest BCUT2D eigenvalue weighted by Crippen LogP contribution is -2.44. The highest BCUT2D eigenvalue weighted by atomic mass is 32.1. The van der Waals surface area contributed by atoms with Gasteiger partial charge in [0.15, 0.2) is 11.7 Å². The van der Waals surface area contributed by atoms with Gasteiger partial charge in [-0.15, -0.1) is 11.3 Å². The Hall–Kier alpha value is -2.64. The summed E-state index contributed by atoms with van der Waals surface area (Å²) < 4.78 is 5.78. The summed E-state index contributed by atoms with van der Waals surface area (Å²) in [6, 6.07) is 13.7. The zero-order valence-corrected chi connectivity index (χ0v) is 16.3.